The standard InChI is InChI=1S/C23H28FN5O4/c1-3-8-29-21(31)19-18(20(30)27-9-11-33-12-10-27)26-15-28(19)14-23(29,2)22(32)25-13-16-4-6-17(24)7-5-16/h4-7,15H,3,8-14H2,1-2H3,(H,25,32)/t23-/m0/s1. The molecule has 2 aliphatic heterocycles. The summed E-state index contributed by atoms with van der Waals surface area (Å²) >= 11 is 0. The van der Waals surface area contributed by atoms with Crippen molar-refractivity contribution in [3.8, 4) is 0 Å². The second kappa shape index (κ2) is 9.30. The van der Waals surface area contributed by atoms with Crippen molar-refractivity contribution >= 4 is 17.7 Å². The van der Waals surface area contributed by atoms with Crippen molar-refractivity contribution < 1.29 is 23.5 Å². The molecule has 176 valence electrons. The molecule has 4 rings (SSSR count). The van der Waals surface area contributed by atoms with Gasteiger partial charge in [-0.3, -0.25) is 14.4 Å². The number of hydrogen-bond acceptors (Lipinski definition) is 5. The summed E-state index contributed by atoms with van der Waals surface area (Å²) in [5.74, 6) is -1.37. The Balaban J connectivity index is 1.58. The fourth-order valence-corrected chi connectivity index (χ4v) is 4.31. The van der Waals surface area contributed by atoms with E-state index in [1.165, 1.54) is 23.4 Å². The molecule has 3 amide bonds. The Labute approximate surface area is 191 Å². The molecule has 1 aromatic carbocycles. The van der Waals surface area contributed by atoms with Gasteiger partial charge in [-0.25, -0.2) is 9.37 Å². The van der Waals surface area contributed by atoms with Crippen molar-refractivity contribution in [3.63, 3.8) is 0 Å². The fraction of sp³-hybridized carbons (Fsp3) is 0.478. The van der Waals surface area contributed by atoms with Gasteiger partial charge in [0, 0.05) is 26.2 Å². The SMILES string of the molecule is CCCN1C(=O)c2c(C(=O)N3CCOCC3)ncn2C[C@@]1(C)C(=O)NCc1ccc(F)cc1. The first-order valence-electron chi connectivity index (χ1n) is 11.1. The third-order valence-corrected chi connectivity index (χ3v) is 6.16. The van der Waals surface area contributed by atoms with Crippen LogP contribution in [-0.2, 0) is 22.6 Å². The predicted molar refractivity (Wildman–Crippen MR) is 117 cm³/mol. The molecule has 9 nitrogen and oxygen atoms in total. The van der Waals surface area contributed by atoms with Crippen LogP contribution >= 0.6 is 0 Å². The van der Waals surface area contributed by atoms with Gasteiger partial charge in [0.1, 0.15) is 17.1 Å². The molecule has 0 aliphatic carbocycles. The Morgan fingerprint density at radius 1 is 1.21 bits per heavy atom. The predicted octanol–water partition coefficient (Wildman–Crippen LogP) is 1.44. The monoisotopic (exact) mass is 457 g/mol. The van der Waals surface area contributed by atoms with Gasteiger partial charge in [0.2, 0.25) is 5.91 Å². The highest BCUT2D eigenvalue weighted by atomic mass is 19.1. The van der Waals surface area contributed by atoms with Gasteiger partial charge in [0.05, 0.1) is 26.1 Å². The maximum Gasteiger partial charge on any atom is 0.275 e. The van der Waals surface area contributed by atoms with Crippen LogP contribution in [0.2, 0.25) is 0 Å². The van der Waals surface area contributed by atoms with E-state index in [1.54, 1.807) is 28.5 Å². The molecule has 0 saturated carbocycles. The lowest BCUT2D eigenvalue weighted by Gasteiger charge is -2.43. The summed E-state index contributed by atoms with van der Waals surface area (Å²) in [5.41, 5.74) is -0.0973. The Bertz CT molecular complexity index is 1050. The molecule has 1 saturated heterocycles. The topological polar surface area (TPSA) is 96.8 Å². The molecule has 33 heavy (non-hydrogen) atoms. The van der Waals surface area contributed by atoms with Crippen LogP contribution in [0.15, 0.2) is 30.6 Å². The number of nitrogens with one attached hydrogen (secondary N) is 1. The number of aromatic nitrogens is 2. The van der Waals surface area contributed by atoms with Gasteiger partial charge in [0.25, 0.3) is 11.8 Å². The summed E-state index contributed by atoms with van der Waals surface area (Å²) in [6, 6.07) is 5.87. The minimum Gasteiger partial charge on any atom is -0.378 e. The highest BCUT2D eigenvalue weighted by Gasteiger charge is 2.48. The van der Waals surface area contributed by atoms with Crippen molar-refractivity contribution in [1.82, 2.24) is 24.7 Å². The van der Waals surface area contributed by atoms with Crippen molar-refractivity contribution in [2.45, 2.75) is 38.9 Å². The van der Waals surface area contributed by atoms with E-state index in [0.717, 1.165) is 5.56 Å². The van der Waals surface area contributed by atoms with Gasteiger partial charge < -0.3 is 24.4 Å². The van der Waals surface area contributed by atoms with Crippen LogP contribution in [-0.4, -0.2) is 75.5 Å². The first-order chi connectivity index (χ1) is 15.8. The highest BCUT2D eigenvalue weighted by Crippen LogP contribution is 2.29. The number of nitrogens with zero attached hydrogens (tertiary/aromatic N) is 4. The number of benzene rings is 1. The maximum absolute atomic E-state index is 13.6. The molecule has 3 heterocycles. The Morgan fingerprint density at radius 2 is 1.91 bits per heavy atom. The van der Waals surface area contributed by atoms with Crippen molar-refractivity contribution in [3.05, 3.63) is 53.4 Å². The van der Waals surface area contributed by atoms with Gasteiger partial charge >= 0.3 is 0 Å². The largest absolute Gasteiger partial charge is 0.378 e. The van der Waals surface area contributed by atoms with E-state index in [9.17, 15) is 18.8 Å². The Morgan fingerprint density at radius 3 is 2.58 bits per heavy atom. The highest BCUT2D eigenvalue weighted by molar-refractivity contribution is 6.07. The van der Waals surface area contributed by atoms with E-state index in [0.29, 0.717) is 39.3 Å². The van der Waals surface area contributed by atoms with Crippen LogP contribution in [0.5, 0.6) is 0 Å². The molecular formula is C23H28FN5O4. The number of carbonyl (C=O) groups is 3. The zero-order valence-corrected chi connectivity index (χ0v) is 18.8. The quantitative estimate of drug-likeness (QED) is 0.708. The van der Waals surface area contributed by atoms with Crippen molar-refractivity contribution in [1.29, 1.82) is 0 Å². The lowest BCUT2D eigenvalue weighted by Crippen LogP contribution is -2.64. The number of ether oxygens (including phenoxy) is 1. The summed E-state index contributed by atoms with van der Waals surface area (Å²) in [5, 5.41) is 2.87. The fourth-order valence-electron chi connectivity index (χ4n) is 4.31. The number of morpholine rings is 1. The molecule has 0 spiro atoms. The van der Waals surface area contributed by atoms with E-state index in [4.69, 9.17) is 4.74 Å². The Kier molecular flexibility index (Phi) is 6.46. The number of fused-ring (bicyclic) bond motifs is 1. The molecular weight excluding hydrogens is 429 g/mol. The van der Waals surface area contributed by atoms with E-state index >= 15 is 0 Å². The van der Waals surface area contributed by atoms with Crippen LogP contribution in [0.1, 0.15) is 46.8 Å². The first-order valence-corrected chi connectivity index (χ1v) is 11.1. The number of hydrogen-bond donors (Lipinski definition) is 1. The number of rotatable bonds is 6. The number of imidazole rings is 1. The average molecular weight is 458 g/mol. The zero-order chi connectivity index (χ0) is 23.6. The summed E-state index contributed by atoms with van der Waals surface area (Å²) in [4.78, 5) is 47.3. The summed E-state index contributed by atoms with van der Waals surface area (Å²) in [6.45, 7) is 6.17. The molecule has 0 radical (unpaired) electrons. The van der Waals surface area contributed by atoms with Crippen molar-refractivity contribution in [2.75, 3.05) is 32.8 Å². The third kappa shape index (κ3) is 4.35. The van der Waals surface area contributed by atoms with Crippen LogP contribution in [0, 0.1) is 5.82 Å². The van der Waals surface area contributed by atoms with Crippen LogP contribution in [0.25, 0.3) is 0 Å². The van der Waals surface area contributed by atoms with Gasteiger partial charge in [-0.2, -0.15) is 0 Å². The minimum atomic E-state index is -1.17. The molecule has 1 atom stereocenters. The normalized spacial score (nSPS) is 20.5. The van der Waals surface area contributed by atoms with Gasteiger partial charge in [-0.15, -0.1) is 0 Å². The number of carbonyl (C=O) groups excluding carboxylic acids is 3. The average Bonchev–Trinajstić information content (AvgIpc) is 3.24. The first kappa shape index (κ1) is 22.9. The summed E-state index contributed by atoms with van der Waals surface area (Å²) in [7, 11) is 0. The van der Waals surface area contributed by atoms with Crippen molar-refractivity contribution in [2.24, 2.45) is 0 Å². The van der Waals surface area contributed by atoms with E-state index in [-0.39, 0.29) is 42.1 Å². The van der Waals surface area contributed by atoms with Crippen LogP contribution in [0.3, 0.4) is 0 Å². The summed E-state index contributed by atoms with van der Waals surface area (Å²) < 4.78 is 20.1. The maximum atomic E-state index is 13.6. The van der Waals surface area contributed by atoms with Gasteiger partial charge in [0.15, 0.2) is 5.69 Å². The smallest absolute Gasteiger partial charge is 0.275 e. The zero-order valence-electron chi connectivity index (χ0n) is 18.8. The second-order valence-corrected chi connectivity index (χ2v) is 8.51. The van der Waals surface area contributed by atoms with Gasteiger partial charge in [-0.05, 0) is 31.0 Å². The minimum absolute atomic E-state index is 0.108. The van der Waals surface area contributed by atoms with Gasteiger partial charge in [-0.1, -0.05) is 19.1 Å². The molecule has 1 N–H and O–H groups in total. The van der Waals surface area contributed by atoms with Crippen LogP contribution < -0.4 is 5.32 Å². The molecule has 2 aromatic rings. The van der Waals surface area contributed by atoms with E-state index < -0.39 is 11.4 Å². The van der Waals surface area contributed by atoms with E-state index in [2.05, 4.69) is 10.3 Å². The second-order valence-electron chi connectivity index (χ2n) is 8.51. The molecule has 2 aliphatic rings. The lowest BCUT2D eigenvalue weighted by molar-refractivity contribution is -0.133. The third-order valence-electron chi connectivity index (χ3n) is 6.16. The summed E-state index contributed by atoms with van der Waals surface area (Å²) in [6.07, 6.45) is 2.10. The Hall–Kier alpha value is -3.27. The lowest BCUT2D eigenvalue weighted by atomic mass is 9.93. The van der Waals surface area contributed by atoms with Crippen LogP contribution in [0.4, 0.5) is 4.39 Å². The molecule has 1 aromatic heterocycles. The number of halogens is 1. The molecule has 0 bridgehead atoms. The molecule has 1 fully saturated rings. The molecule has 10 heteroatoms. The van der Waals surface area contributed by atoms with E-state index in [1.807, 2.05) is 6.92 Å². The molecule has 0 unspecified atom stereocenters. The number of amides is 3.